The van der Waals surface area contributed by atoms with E-state index in [9.17, 15) is 19.8 Å². The Morgan fingerprint density at radius 2 is 1.76 bits per heavy atom. The van der Waals surface area contributed by atoms with Crippen LogP contribution >= 0.6 is 63.7 Å². The molecule has 29 heavy (non-hydrogen) atoms. The van der Waals surface area contributed by atoms with Crippen LogP contribution in [0.15, 0.2) is 71.4 Å². The maximum Gasteiger partial charge on any atom is 0.336 e. The number of fused-ring (bicyclic) bond motifs is 2. The Balaban J connectivity index is 2.09. The average Bonchev–Trinajstić information content (AvgIpc) is 2.69. The molecule has 9 heteroatoms. The smallest absolute Gasteiger partial charge is 0.336 e. The Morgan fingerprint density at radius 1 is 1.07 bits per heavy atom. The van der Waals surface area contributed by atoms with Gasteiger partial charge in [0.2, 0.25) is 5.78 Å². The quantitative estimate of drug-likeness (QED) is 0.406. The third kappa shape index (κ3) is 3.32. The lowest BCUT2D eigenvalue weighted by atomic mass is 9.77. The number of hydrogen-bond acceptors (Lipinski definition) is 4. The summed E-state index contributed by atoms with van der Waals surface area (Å²) in [5.74, 6) is -1.49. The summed E-state index contributed by atoms with van der Waals surface area (Å²) >= 11 is 13.3. The van der Waals surface area contributed by atoms with Gasteiger partial charge >= 0.3 is 5.97 Å². The molecule has 2 aliphatic carbocycles. The van der Waals surface area contributed by atoms with Crippen molar-refractivity contribution >= 4 is 81.0 Å². The van der Waals surface area contributed by atoms with E-state index in [1.54, 1.807) is 30.4 Å². The van der Waals surface area contributed by atoms with Gasteiger partial charge in [-0.25, -0.2) is 4.79 Å². The number of allylic oxidation sites excluding steroid dienone is 4. The van der Waals surface area contributed by atoms with Crippen molar-refractivity contribution in [3.8, 4) is 0 Å². The van der Waals surface area contributed by atoms with Gasteiger partial charge in [0, 0.05) is 11.5 Å². The molecule has 1 aromatic carbocycles. The van der Waals surface area contributed by atoms with Crippen LogP contribution in [-0.4, -0.2) is 28.1 Å². The fraction of sp³-hybridized carbons (Fsp3) is 0.100. The number of carbonyl (C=O) groups is 2. The number of aliphatic hydroxyl groups is 1. The van der Waals surface area contributed by atoms with Crippen LogP contribution in [0, 0.1) is 5.92 Å². The molecule has 148 valence electrons. The molecule has 0 spiro atoms. The first-order chi connectivity index (χ1) is 13.7. The zero-order chi connectivity index (χ0) is 21.0. The van der Waals surface area contributed by atoms with Gasteiger partial charge < -0.3 is 14.9 Å². The SMILES string of the molecule is O=C1C(Br)=CC2=C(c3ccccc3C(=O)O)C3C=C(Br)C(O)=C(Br)C3OC2=C1Br. The second-order valence-corrected chi connectivity index (χ2v) is 9.77. The highest BCUT2D eigenvalue weighted by molar-refractivity contribution is 9.13. The normalized spacial score (nSPS) is 23.9. The van der Waals surface area contributed by atoms with Gasteiger partial charge in [0.25, 0.3) is 0 Å². The van der Waals surface area contributed by atoms with Crippen molar-refractivity contribution in [1.29, 1.82) is 0 Å². The predicted molar refractivity (Wildman–Crippen MR) is 122 cm³/mol. The number of carboxylic acids is 1. The second kappa shape index (κ2) is 7.68. The number of benzene rings is 1. The molecule has 1 heterocycles. The van der Waals surface area contributed by atoms with Crippen molar-refractivity contribution < 1.29 is 24.5 Å². The van der Waals surface area contributed by atoms with E-state index in [0.717, 1.165) is 0 Å². The molecule has 5 nitrogen and oxygen atoms in total. The number of rotatable bonds is 2. The molecule has 1 aliphatic heterocycles. The lowest BCUT2D eigenvalue weighted by Crippen LogP contribution is -2.34. The van der Waals surface area contributed by atoms with Gasteiger partial charge in [0.05, 0.1) is 19.0 Å². The number of carboxylic acid groups (broad SMARTS) is 1. The second-order valence-electron chi connectivity index (χ2n) is 6.42. The predicted octanol–water partition coefficient (Wildman–Crippen LogP) is 6.08. The van der Waals surface area contributed by atoms with E-state index < -0.39 is 18.0 Å². The largest absolute Gasteiger partial charge is 0.506 e. The van der Waals surface area contributed by atoms with Crippen LogP contribution in [0.1, 0.15) is 15.9 Å². The molecule has 0 radical (unpaired) electrons. The molecule has 0 aromatic heterocycles. The van der Waals surface area contributed by atoms with Gasteiger partial charge in [-0.15, -0.1) is 0 Å². The van der Waals surface area contributed by atoms with E-state index in [0.29, 0.717) is 35.9 Å². The lowest BCUT2D eigenvalue weighted by molar-refractivity contribution is -0.111. The third-order valence-corrected chi connectivity index (χ3v) is 7.58. The van der Waals surface area contributed by atoms with E-state index in [1.165, 1.54) is 6.07 Å². The first-order valence-electron chi connectivity index (χ1n) is 8.24. The summed E-state index contributed by atoms with van der Waals surface area (Å²) in [6, 6.07) is 6.68. The van der Waals surface area contributed by atoms with Crippen LogP contribution < -0.4 is 0 Å². The number of ether oxygens (including phenoxy) is 1. The number of aromatic carboxylic acids is 1. The monoisotopic (exact) mass is 646 g/mol. The summed E-state index contributed by atoms with van der Waals surface area (Å²) in [6.07, 6.45) is 2.74. The zero-order valence-corrected chi connectivity index (χ0v) is 20.6. The molecule has 0 fully saturated rings. The Kier molecular flexibility index (Phi) is 5.52. The molecule has 0 amide bonds. The minimum atomic E-state index is -1.06. The van der Waals surface area contributed by atoms with Crippen LogP contribution in [0.3, 0.4) is 0 Å². The standard InChI is InChI=1S/C20H10Br4O5/c21-11-5-9-13(7-3-1-2-4-8(7)20(27)28)10-6-12(22)17(26)15(24)19(10)29-18(9)14(23)16(11)25/h1-6,9,18,25H,(H,27,28). The number of hydrogen-bond donors (Lipinski definition) is 2. The zero-order valence-electron chi connectivity index (χ0n) is 14.2. The van der Waals surface area contributed by atoms with Gasteiger partial charge in [-0.3, -0.25) is 4.79 Å². The molecule has 2 N–H and O–H groups in total. The minimum Gasteiger partial charge on any atom is -0.506 e. The summed E-state index contributed by atoms with van der Waals surface area (Å²) in [4.78, 5) is 24.4. The topological polar surface area (TPSA) is 83.8 Å². The molecular weight excluding hydrogens is 640 g/mol. The van der Waals surface area contributed by atoms with Gasteiger partial charge in [-0.2, -0.15) is 0 Å². The highest BCUT2D eigenvalue weighted by Crippen LogP contribution is 2.51. The first kappa shape index (κ1) is 20.8. The van der Waals surface area contributed by atoms with E-state index in [2.05, 4.69) is 63.7 Å². The number of Topliss-reactive ketones (excluding diaryl/α,β-unsaturated/α-hetero) is 1. The van der Waals surface area contributed by atoms with Crippen molar-refractivity contribution in [3.63, 3.8) is 0 Å². The van der Waals surface area contributed by atoms with E-state index in [4.69, 9.17) is 4.74 Å². The average molecular weight is 650 g/mol. The van der Waals surface area contributed by atoms with Crippen LogP contribution in [0.4, 0.5) is 0 Å². The van der Waals surface area contributed by atoms with Crippen molar-refractivity contribution in [2.45, 2.75) is 6.10 Å². The molecule has 0 saturated heterocycles. The third-order valence-electron chi connectivity index (χ3n) is 4.80. The summed E-state index contributed by atoms with van der Waals surface area (Å²) in [6.45, 7) is 0. The summed E-state index contributed by atoms with van der Waals surface area (Å²) in [5, 5.41) is 20.1. The minimum absolute atomic E-state index is 0.0175. The number of halogens is 4. The fourth-order valence-electron chi connectivity index (χ4n) is 3.53. The van der Waals surface area contributed by atoms with Crippen LogP contribution in [0.5, 0.6) is 0 Å². The maximum absolute atomic E-state index is 12.4. The molecule has 0 saturated carbocycles. The van der Waals surface area contributed by atoms with Gasteiger partial charge in [0.1, 0.15) is 22.1 Å². The lowest BCUT2D eigenvalue weighted by Gasteiger charge is -2.39. The van der Waals surface area contributed by atoms with Crippen molar-refractivity contribution in [2.24, 2.45) is 5.92 Å². The fourth-order valence-corrected chi connectivity index (χ4v) is 6.10. The Bertz CT molecular complexity index is 1140. The highest BCUT2D eigenvalue weighted by atomic mass is 79.9. The summed E-state index contributed by atoms with van der Waals surface area (Å²) in [5.41, 5.74) is 1.91. The van der Waals surface area contributed by atoms with Crippen LogP contribution in [0.25, 0.3) is 5.57 Å². The Hall–Kier alpha value is -1.42. The molecule has 1 aromatic rings. The number of ketones is 1. The van der Waals surface area contributed by atoms with Crippen molar-refractivity contribution in [2.75, 3.05) is 0 Å². The van der Waals surface area contributed by atoms with Crippen LogP contribution in [0.2, 0.25) is 0 Å². The van der Waals surface area contributed by atoms with Gasteiger partial charge in [0.15, 0.2) is 0 Å². The maximum atomic E-state index is 12.4. The van der Waals surface area contributed by atoms with Crippen molar-refractivity contribution in [3.05, 3.63) is 82.6 Å². The summed E-state index contributed by atoms with van der Waals surface area (Å²) < 4.78 is 7.52. The van der Waals surface area contributed by atoms with Crippen LogP contribution in [-0.2, 0) is 9.53 Å². The van der Waals surface area contributed by atoms with E-state index >= 15 is 0 Å². The van der Waals surface area contributed by atoms with Gasteiger partial charge in [-0.1, -0.05) is 24.3 Å². The Morgan fingerprint density at radius 3 is 2.45 bits per heavy atom. The number of aliphatic hydroxyl groups excluding tert-OH is 1. The first-order valence-corrected chi connectivity index (χ1v) is 11.4. The molecule has 2 unspecified atom stereocenters. The van der Waals surface area contributed by atoms with Gasteiger partial charge in [-0.05, 0) is 87.0 Å². The summed E-state index contributed by atoms with van der Waals surface area (Å²) in [7, 11) is 0. The molecular formula is C20H10Br4O5. The molecule has 2 atom stereocenters. The Labute approximate surface area is 199 Å². The molecule has 0 bridgehead atoms. The van der Waals surface area contributed by atoms with E-state index in [1.807, 2.05) is 0 Å². The van der Waals surface area contributed by atoms with Crippen molar-refractivity contribution in [1.82, 2.24) is 0 Å². The number of carbonyl (C=O) groups excluding carboxylic acids is 1. The molecule has 4 rings (SSSR count). The van der Waals surface area contributed by atoms with E-state index in [-0.39, 0.29) is 21.6 Å². The molecule has 3 aliphatic rings. The highest BCUT2D eigenvalue weighted by Gasteiger charge is 2.43.